The van der Waals surface area contributed by atoms with E-state index in [9.17, 15) is 4.79 Å². The number of fused-ring (bicyclic) bond motifs is 4. The summed E-state index contributed by atoms with van der Waals surface area (Å²) in [6.07, 6.45) is 8.04. The van der Waals surface area contributed by atoms with Gasteiger partial charge >= 0.3 is 6.09 Å². The second kappa shape index (κ2) is 8.01. The number of rotatable bonds is 3. The molecule has 4 aliphatic rings. The van der Waals surface area contributed by atoms with Crippen LogP contribution in [0.5, 0.6) is 5.75 Å². The normalized spacial score (nSPS) is 24.8. The summed E-state index contributed by atoms with van der Waals surface area (Å²) in [5, 5.41) is 8.79. The Bertz CT molecular complexity index is 1100. The lowest BCUT2D eigenvalue weighted by Crippen LogP contribution is -2.49. The topological polar surface area (TPSA) is 68.6 Å². The molecule has 34 heavy (non-hydrogen) atoms. The molecular formula is C27H36N4O3. The van der Waals surface area contributed by atoms with E-state index in [0.29, 0.717) is 31.7 Å². The Hall–Kier alpha value is -2.54. The average Bonchev–Trinajstić information content (AvgIpc) is 3.52. The number of amides is 1. The Morgan fingerprint density at radius 2 is 2.03 bits per heavy atom. The Morgan fingerprint density at radius 1 is 1.24 bits per heavy atom. The Balaban J connectivity index is 1.30. The first-order valence-corrected chi connectivity index (χ1v) is 12.9. The fourth-order valence-corrected chi connectivity index (χ4v) is 5.84. The molecule has 7 nitrogen and oxygen atoms in total. The van der Waals surface area contributed by atoms with E-state index in [4.69, 9.17) is 14.6 Å². The summed E-state index contributed by atoms with van der Waals surface area (Å²) in [5.74, 6) is 1.49. The van der Waals surface area contributed by atoms with Gasteiger partial charge in [0.05, 0.1) is 12.6 Å². The molecule has 1 atom stereocenters. The molecule has 1 unspecified atom stereocenters. The van der Waals surface area contributed by atoms with Crippen LogP contribution in [-0.4, -0.2) is 52.6 Å². The molecule has 0 bridgehead atoms. The van der Waals surface area contributed by atoms with Crippen LogP contribution in [0.3, 0.4) is 0 Å². The summed E-state index contributed by atoms with van der Waals surface area (Å²) in [7, 11) is 0. The van der Waals surface area contributed by atoms with Crippen LogP contribution < -0.4 is 10.1 Å². The SMILES string of the molecule is Cc1ccc2c(c1)OC1(CCN(C(=O)OCC3CC3)CC1)c1cn(C3CCNC(C)(C)C3)nc1-2. The van der Waals surface area contributed by atoms with Crippen LogP contribution in [0.2, 0.25) is 0 Å². The summed E-state index contributed by atoms with van der Waals surface area (Å²) < 4.78 is 14.5. The predicted octanol–water partition coefficient (Wildman–Crippen LogP) is 4.79. The molecule has 3 fully saturated rings. The molecular weight excluding hydrogens is 428 g/mol. The molecule has 1 saturated carbocycles. The largest absolute Gasteiger partial charge is 0.482 e. The van der Waals surface area contributed by atoms with Gasteiger partial charge in [-0.2, -0.15) is 5.10 Å². The molecule has 1 amide bonds. The smallest absolute Gasteiger partial charge is 0.409 e. The van der Waals surface area contributed by atoms with E-state index < -0.39 is 5.60 Å². The molecule has 1 aromatic heterocycles. The zero-order chi connectivity index (χ0) is 23.5. The van der Waals surface area contributed by atoms with Crippen molar-refractivity contribution in [3.63, 3.8) is 0 Å². The van der Waals surface area contributed by atoms with Crippen molar-refractivity contribution in [2.75, 3.05) is 26.2 Å². The van der Waals surface area contributed by atoms with Gasteiger partial charge in [-0.1, -0.05) is 6.07 Å². The van der Waals surface area contributed by atoms with Crippen LogP contribution in [-0.2, 0) is 10.3 Å². The summed E-state index contributed by atoms with van der Waals surface area (Å²) in [4.78, 5) is 14.5. The third-order valence-corrected chi connectivity index (χ3v) is 8.09. The number of aromatic nitrogens is 2. The number of aryl methyl sites for hydroxylation is 1. The minimum Gasteiger partial charge on any atom is -0.482 e. The van der Waals surface area contributed by atoms with Crippen molar-refractivity contribution < 1.29 is 14.3 Å². The van der Waals surface area contributed by atoms with Gasteiger partial charge in [0.15, 0.2) is 0 Å². The van der Waals surface area contributed by atoms with Gasteiger partial charge in [0.25, 0.3) is 0 Å². The fourth-order valence-electron chi connectivity index (χ4n) is 5.84. The quantitative estimate of drug-likeness (QED) is 0.707. The molecule has 182 valence electrons. The van der Waals surface area contributed by atoms with E-state index in [1.54, 1.807) is 0 Å². The predicted molar refractivity (Wildman–Crippen MR) is 130 cm³/mol. The Kier molecular flexibility index (Phi) is 5.17. The molecule has 0 radical (unpaired) electrons. The molecule has 2 saturated heterocycles. The molecule has 1 aromatic carbocycles. The number of hydrogen-bond acceptors (Lipinski definition) is 5. The van der Waals surface area contributed by atoms with Crippen molar-refractivity contribution in [2.45, 2.75) is 76.5 Å². The summed E-state index contributed by atoms with van der Waals surface area (Å²) in [5.41, 5.74) is 4.12. The highest BCUT2D eigenvalue weighted by molar-refractivity contribution is 5.74. The number of carbonyl (C=O) groups excluding carboxylic acids is 1. The number of benzene rings is 1. The number of piperidine rings is 2. The highest BCUT2D eigenvalue weighted by Gasteiger charge is 2.47. The third kappa shape index (κ3) is 3.98. The van der Waals surface area contributed by atoms with Gasteiger partial charge in [-0.3, -0.25) is 4.68 Å². The molecule has 1 spiro atoms. The van der Waals surface area contributed by atoms with E-state index in [1.807, 2.05) is 4.90 Å². The van der Waals surface area contributed by atoms with Gasteiger partial charge in [-0.25, -0.2) is 4.79 Å². The van der Waals surface area contributed by atoms with Gasteiger partial charge in [0.1, 0.15) is 17.0 Å². The summed E-state index contributed by atoms with van der Waals surface area (Å²) in [6, 6.07) is 6.77. The van der Waals surface area contributed by atoms with E-state index in [-0.39, 0.29) is 11.6 Å². The lowest BCUT2D eigenvalue weighted by atomic mass is 9.81. The van der Waals surface area contributed by atoms with Crippen molar-refractivity contribution in [3.8, 4) is 17.0 Å². The van der Waals surface area contributed by atoms with Crippen LogP contribution in [0.4, 0.5) is 4.79 Å². The molecule has 2 aromatic rings. The van der Waals surface area contributed by atoms with Crippen LogP contribution in [0, 0.1) is 12.8 Å². The molecule has 4 heterocycles. The lowest BCUT2D eigenvalue weighted by Gasteiger charge is -2.43. The van der Waals surface area contributed by atoms with Crippen molar-refractivity contribution in [2.24, 2.45) is 5.92 Å². The molecule has 6 rings (SSSR count). The van der Waals surface area contributed by atoms with Gasteiger partial charge in [0, 0.05) is 48.8 Å². The summed E-state index contributed by atoms with van der Waals surface area (Å²) >= 11 is 0. The van der Waals surface area contributed by atoms with E-state index in [1.165, 1.54) is 24.0 Å². The molecule has 1 aliphatic carbocycles. The Labute approximate surface area is 201 Å². The van der Waals surface area contributed by atoms with Crippen LogP contribution in [0.15, 0.2) is 24.4 Å². The maximum Gasteiger partial charge on any atom is 0.409 e. The third-order valence-electron chi connectivity index (χ3n) is 8.09. The molecule has 1 N–H and O–H groups in total. The van der Waals surface area contributed by atoms with Gasteiger partial charge in [-0.05, 0) is 76.6 Å². The van der Waals surface area contributed by atoms with Gasteiger partial charge < -0.3 is 19.7 Å². The Morgan fingerprint density at radius 3 is 2.76 bits per heavy atom. The highest BCUT2D eigenvalue weighted by Crippen LogP contribution is 2.50. The van der Waals surface area contributed by atoms with Gasteiger partial charge in [-0.15, -0.1) is 0 Å². The first-order chi connectivity index (χ1) is 16.3. The van der Waals surface area contributed by atoms with E-state index in [2.05, 4.69) is 55.2 Å². The standard InChI is InChI=1S/C27H36N4O3/c1-18-4-7-21-23(14-18)34-27(9-12-30(13-10-27)25(32)33-17-19-5-6-19)22-16-31(29-24(21)22)20-8-11-28-26(2,3)15-20/h4,7,14,16,19-20,28H,5-6,8-13,15,17H2,1-3H3. The maximum absolute atomic E-state index is 12.6. The van der Waals surface area contributed by atoms with Gasteiger partial charge in [0.2, 0.25) is 0 Å². The van der Waals surface area contributed by atoms with Crippen molar-refractivity contribution in [1.82, 2.24) is 20.0 Å². The zero-order valence-corrected chi connectivity index (χ0v) is 20.6. The lowest BCUT2D eigenvalue weighted by molar-refractivity contribution is -0.00609. The first-order valence-electron chi connectivity index (χ1n) is 12.9. The van der Waals surface area contributed by atoms with Crippen molar-refractivity contribution in [3.05, 3.63) is 35.5 Å². The fraction of sp³-hybridized carbons (Fsp3) is 0.630. The number of nitrogens with zero attached hydrogens (tertiary/aromatic N) is 3. The molecule has 3 aliphatic heterocycles. The second-order valence-corrected chi connectivity index (χ2v) is 11.4. The number of ether oxygens (including phenoxy) is 2. The number of carbonyl (C=O) groups is 1. The number of hydrogen-bond donors (Lipinski definition) is 1. The first kappa shape index (κ1) is 22.0. The maximum atomic E-state index is 12.6. The van der Waals surface area contributed by atoms with Crippen LogP contribution in [0.25, 0.3) is 11.3 Å². The van der Waals surface area contributed by atoms with E-state index in [0.717, 1.165) is 49.2 Å². The van der Waals surface area contributed by atoms with Crippen molar-refractivity contribution in [1.29, 1.82) is 0 Å². The number of likely N-dealkylation sites (tertiary alicyclic amines) is 1. The average molecular weight is 465 g/mol. The molecule has 7 heteroatoms. The minimum atomic E-state index is -0.454. The monoisotopic (exact) mass is 464 g/mol. The minimum absolute atomic E-state index is 0.102. The highest BCUT2D eigenvalue weighted by atomic mass is 16.6. The summed E-state index contributed by atoms with van der Waals surface area (Å²) in [6.45, 7) is 9.46. The second-order valence-electron chi connectivity index (χ2n) is 11.4. The van der Waals surface area contributed by atoms with E-state index >= 15 is 0 Å². The van der Waals surface area contributed by atoms with Crippen LogP contribution in [0.1, 0.15) is 69.5 Å². The zero-order valence-electron chi connectivity index (χ0n) is 20.6. The van der Waals surface area contributed by atoms with Crippen molar-refractivity contribution >= 4 is 6.09 Å². The van der Waals surface area contributed by atoms with Crippen LogP contribution >= 0.6 is 0 Å². The number of nitrogens with one attached hydrogen (secondary N) is 1.